The maximum Gasteiger partial charge on any atom is 0.291 e. The van der Waals surface area contributed by atoms with Crippen molar-refractivity contribution in [2.45, 2.75) is 13.3 Å². The van der Waals surface area contributed by atoms with Crippen molar-refractivity contribution in [1.82, 2.24) is 14.6 Å². The van der Waals surface area contributed by atoms with Crippen molar-refractivity contribution in [1.29, 1.82) is 0 Å². The number of nitrogens with zero attached hydrogens (tertiary/aromatic N) is 3. The van der Waals surface area contributed by atoms with Gasteiger partial charge in [-0.3, -0.25) is 4.79 Å². The first kappa shape index (κ1) is 16.5. The summed E-state index contributed by atoms with van der Waals surface area (Å²) < 4.78 is 7.16. The monoisotopic (exact) mass is 363 g/mol. The number of hydrogen-bond acceptors (Lipinski definition) is 5. The van der Waals surface area contributed by atoms with Crippen molar-refractivity contribution in [3.63, 3.8) is 0 Å². The van der Waals surface area contributed by atoms with E-state index in [1.165, 1.54) is 21.4 Å². The third-order valence-corrected chi connectivity index (χ3v) is 5.17. The number of aromatic nitrogens is 3. The second-order valence-corrected chi connectivity index (χ2v) is 6.88. The van der Waals surface area contributed by atoms with Crippen LogP contribution in [0.1, 0.15) is 18.1 Å². The second kappa shape index (κ2) is 6.72. The molecule has 0 atom stereocenters. The molecule has 0 aliphatic carbocycles. The summed E-state index contributed by atoms with van der Waals surface area (Å²) in [6.45, 7) is 2.12. The maximum absolute atomic E-state index is 12.6. The Bertz CT molecular complexity index is 1160. The summed E-state index contributed by atoms with van der Waals surface area (Å²) in [5.41, 5.74) is 2.98. The minimum absolute atomic E-state index is 0.142. The second-order valence-electron chi connectivity index (χ2n) is 5.87. The topological polar surface area (TPSA) is 56.5 Å². The fraction of sp³-hybridized carbons (Fsp3) is 0.150. The molecular weight excluding hydrogens is 346 g/mol. The van der Waals surface area contributed by atoms with E-state index in [4.69, 9.17) is 4.74 Å². The van der Waals surface area contributed by atoms with Gasteiger partial charge in [-0.2, -0.15) is 9.50 Å². The highest BCUT2D eigenvalue weighted by atomic mass is 32.1. The minimum Gasteiger partial charge on any atom is -0.497 e. The van der Waals surface area contributed by atoms with E-state index in [-0.39, 0.29) is 5.56 Å². The van der Waals surface area contributed by atoms with Crippen LogP contribution in [0, 0.1) is 0 Å². The standard InChI is InChI=1S/C20H17N3O2S/c1-3-13-4-6-14(7-5-13)12-17-19(24)23-20(26-17)21-18(22-23)15-8-10-16(25-2)11-9-15/h4-12H,3H2,1-2H3. The Morgan fingerprint density at radius 3 is 2.46 bits per heavy atom. The Morgan fingerprint density at radius 1 is 1.12 bits per heavy atom. The minimum atomic E-state index is -0.142. The van der Waals surface area contributed by atoms with Gasteiger partial charge in [-0.25, -0.2) is 0 Å². The zero-order valence-electron chi connectivity index (χ0n) is 14.5. The Hall–Kier alpha value is -2.99. The number of aryl methyl sites for hydroxylation is 1. The fourth-order valence-corrected chi connectivity index (χ4v) is 3.60. The van der Waals surface area contributed by atoms with Gasteiger partial charge in [-0.15, -0.1) is 5.10 Å². The molecule has 2 heterocycles. The summed E-state index contributed by atoms with van der Waals surface area (Å²) in [6, 6.07) is 15.7. The highest BCUT2D eigenvalue weighted by Gasteiger charge is 2.12. The van der Waals surface area contributed by atoms with Gasteiger partial charge >= 0.3 is 0 Å². The first-order valence-electron chi connectivity index (χ1n) is 8.32. The molecule has 26 heavy (non-hydrogen) atoms. The number of thiazole rings is 1. The Labute approximate surface area is 154 Å². The molecule has 0 amide bonds. The molecule has 5 nitrogen and oxygen atoms in total. The van der Waals surface area contributed by atoms with Crippen LogP contribution in [-0.4, -0.2) is 21.7 Å². The zero-order chi connectivity index (χ0) is 18.1. The van der Waals surface area contributed by atoms with Crippen LogP contribution in [0.15, 0.2) is 53.3 Å². The third kappa shape index (κ3) is 2.99. The van der Waals surface area contributed by atoms with Crippen LogP contribution < -0.4 is 14.8 Å². The molecule has 6 heteroatoms. The maximum atomic E-state index is 12.6. The molecule has 130 valence electrons. The van der Waals surface area contributed by atoms with Crippen molar-refractivity contribution in [2.24, 2.45) is 0 Å². The molecule has 2 aromatic carbocycles. The summed E-state index contributed by atoms with van der Waals surface area (Å²) in [5, 5.41) is 4.37. The Morgan fingerprint density at radius 2 is 1.85 bits per heavy atom. The molecule has 0 aliphatic rings. The first-order chi connectivity index (χ1) is 12.7. The van der Waals surface area contributed by atoms with Crippen LogP contribution in [0.5, 0.6) is 5.75 Å². The summed E-state index contributed by atoms with van der Waals surface area (Å²) >= 11 is 1.35. The molecule has 0 N–H and O–H groups in total. The third-order valence-electron chi connectivity index (χ3n) is 4.22. The van der Waals surface area contributed by atoms with Gasteiger partial charge in [0.15, 0.2) is 5.82 Å². The van der Waals surface area contributed by atoms with Gasteiger partial charge in [0.05, 0.1) is 11.6 Å². The van der Waals surface area contributed by atoms with Gasteiger partial charge in [0.1, 0.15) is 5.75 Å². The molecule has 2 aromatic heterocycles. The van der Waals surface area contributed by atoms with Crippen LogP contribution in [0.25, 0.3) is 22.4 Å². The largest absolute Gasteiger partial charge is 0.497 e. The van der Waals surface area contributed by atoms with Crippen LogP contribution in [0.3, 0.4) is 0 Å². The van der Waals surface area contributed by atoms with Gasteiger partial charge in [-0.05, 0) is 47.9 Å². The predicted octanol–water partition coefficient (Wildman–Crippen LogP) is 2.94. The predicted molar refractivity (Wildman–Crippen MR) is 104 cm³/mol. The van der Waals surface area contributed by atoms with E-state index in [9.17, 15) is 4.79 Å². The highest BCUT2D eigenvalue weighted by Crippen LogP contribution is 2.20. The van der Waals surface area contributed by atoms with E-state index in [1.54, 1.807) is 7.11 Å². The van der Waals surface area contributed by atoms with Crippen molar-refractivity contribution in [2.75, 3.05) is 7.11 Å². The molecule has 0 radical (unpaired) electrons. The summed E-state index contributed by atoms with van der Waals surface area (Å²) in [4.78, 5) is 17.7. The molecule has 4 rings (SSSR count). The van der Waals surface area contributed by atoms with E-state index >= 15 is 0 Å². The van der Waals surface area contributed by atoms with E-state index in [2.05, 4.69) is 29.1 Å². The zero-order valence-corrected chi connectivity index (χ0v) is 15.3. The van der Waals surface area contributed by atoms with Gasteiger partial charge in [0.2, 0.25) is 4.96 Å². The molecule has 0 bridgehead atoms. The first-order valence-corrected chi connectivity index (χ1v) is 9.14. The lowest BCUT2D eigenvalue weighted by atomic mass is 10.1. The molecule has 0 spiro atoms. The van der Waals surface area contributed by atoms with Crippen LogP contribution >= 0.6 is 11.3 Å². The van der Waals surface area contributed by atoms with Gasteiger partial charge in [0.25, 0.3) is 5.56 Å². The molecule has 0 unspecified atom stereocenters. The van der Waals surface area contributed by atoms with Crippen LogP contribution in [0.4, 0.5) is 0 Å². The van der Waals surface area contributed by atoms with E-state index < -0.39 is 0 Å². The number of benzene rings is 2. The van der Waals surface area contributed by atoms with Gasteiger partial charge < -0.3 is 4.74 Å². The quantitative estimate of drug-likeness (QED) is 0.559. The average Bonchev–Trinajstić information content (AvgIpc) is 3.22. The molecule has 0 saturated carbocycles. The normalized spacial score (nSPS) is 12.0. The van der Waals surface area contributed by atoms with E-state index in [0.717, 1.165) is 23.3 Å². The number of hydrogen-bond donors (Lipinski definition) is 0. The summed E-state index contributed by atoms with van der Waals surface area (Å²) in [6.07, 6.45) is 2.88. The lowest BCUT2D eigenvalue weighted by Crippen LogP contribution is -2.23. The van der Waals surface area contributed by atoms with E-state index in [0.29, 0.717) is 15.3 Å². The molecule has 0 fully saturated rings. The highest BCUT2D eigenvalue weighted by molar-refractivity contribution is 7.15. The number of ether oxygens (including phenoxy) is 1. The van der Waals surface area contributed by atoms with Crippen molar-refractivity contribution in [3.8, 4) is 17.1 Å². The van der Waals surface area contributed by atoms with E-state index in [1.807, 2.05) is 42.5 Å². The van der Waals surface area contributed by atoms with Crippen molar-refractivity contribution < 1.29 is 4.74 Å². The average molecular weight is 363 g/mol. The lowest BCUT2D eigenvalue weighted by Gasteiger charge is -1.99. The molecule has 4 aromatic rings. The number of methoxy groups -OCH3 is 1. The number of fused-ring (bicyclic) bond motifs is 1. The lowest BCUT2D eigenvalue weighted by molar-refractivity contribution is 0.415. The van der Waals surface area contributed by atoms with Gasteiger partial charge in [-0.1, -0.05) is 42.5 Å². The van der Waals surface area contributed by atoms with Gasteiger partial charge in [0, 0.05) is 5.56 Å². The molecule has 0 aliphatic heterocycles. The van der Waals surface area contributed by atoms with Crippen LogP contribution in [-0.2, 0) is 6.42 Å². The SMILES string of the molecule is CCc1ccc(C=c2sc3nc(-c4ccc(OC)cc4)nn3c2=O)cc1. The van der Waals surface area contributed by atoms with Crippen LogP contribution in [0.2, 0.25) is 0 Å². The van der Waals surface area contributed by atoms with Crippen molar-refractivity contribution in [3.05, 3.63) is 74.5 Å². The summed E-state index contributed by atoms with van der Waals surface area (Å²) in [5.74, 6) is 1.31. The Kier molecular flexibility index (Phi) is 4.26. The fourth-order valence-electron chi connectivity index (χ4n) is 2.70. The number of rotatable bonds is 4. The van der Waals surface area contributed by atoms with Crippen molar-refractivity contribution >= 4 is 22.4 Å². The molecular formula is C20H17N3O2S. The summed E-state index contributed by atoms with van der Waals surface area (Å²) in [7, 11) is 1.62. The Balaban J connectivity index is 1.72. The molecule has 0 saturated heterocycles. The smallest absolute Gasteiger partial charge is 0.291 e.